The third kappa shape index (κ3) is 3.03. The summed E-state index contributed by atoms with van der Waals surface area (Å²) in [6.45, 7) is 2.41. The molecule has 110 valence electrons. The van der Waals surface area contributed by atoms with Crippen LogP contribution in [0.4, 0.5) is 0 Å². The minimum Gasteiger partial charge on any atom is -0.346 e. The van der Waals surface area contributed by atoms with Gasteiger partial charge in [0.15, 0.2) is 0 Å². The predicted molar refractivity (Wildman–Crippen MR) is 84.2 cm³/mol. The van der Waals surface area contributed by atoms with Gasteiger partial charge in [0.2, 0.25) is 0 Å². The second kappa shape index (κ2) is 6.22. The number of benzene rings is 1. The van der Waals surface area contributed by atoms with E-state index in [1.54, 1.807) is 12.4 Å². The highest BCUT2D eigenvalue weighted by molar-refractivity contribution is 5.99. The molecule has 1 aromatic carbocycles. The molecule has 0 radical (unpaired) electrons. The first kappa shape index (κ1) is 14.0. The summed E-state index contributed by atoms with van der Waals surface area (Å²) < 4.78 is 0. The van der Waals surface area contributed by atoms with Gasteiger partial charge in [-0.05, 0) is 19.1 Å². The van der Waals surface area contributed by atoms with Crippen LogP contribution in [0, 0.1) is 6.92 Å². The molecule has 0 bridgehead atoms. The summed E-state index contributed by atoms with van der Waals surface area (Å²) in [4.78, 5) is 16.5. The Morgan fingerprint density at radius 2 is 2.00 bits per heavy atom. The van der Waals surface area contributed by atoms with Crippen molar-refractivity contribution in [3.8, 4) is 11.3 Å². The number of carbonyl (C=O) groups is 1. The van der Waals surface area contributed by atoms with Crippen molar-refractivity contribution >= 4 is 5.91 Å². The van der Waals surface area contributed by atoms with Crippen molar-refractivity contribution in [2.24, 2.45) is 0 Å². The van der Waals surface area contributed by atoms with E-state index in [1.165, 1.54) is 5.56 Å². The normalized spacial score (nSPS) is 10.4. The third-order valence-electron chi connectivity index (χ3n) is 3.38. The fourth-order valence-electron chi connectivity index (χ4n) is 2.17. The van der Waals surface area contributed by atoms with Crippen molar-refractivity contribution < 1.29 is 4.79 Å². The molecule has 0 spiro atoms. The van der Waals surface area contributed by atoms with Gasteiger partial charge in [0, 0.05) is 11.8 Å². The number of nitrogens with zero attached hydrogens (tertiary/aromatic N) is 2. The molecular weight excluding hydrogens is 276 g/mol. The molecule has 0 aliphatic rings. The fourth-order valence-corrected chi connectivity index (χ4v) is 2.17. The summed E-state index contributed by atoms with van der Waals surface area (Å²) in [6, 6.07) is 13.6. The first-order valence-corrected chi connectivity index (χ1v) is 7.02. The Kier molecular flexibility index (Phi) is 3.96. The van der Waals surface area contributed by atoms with Crippen LogP contribution in [0.2, 0.25) is 0 Å². The third-order valence-corrected chi connectivity index (χ3v) is 3.38. The van der Waals surface area contributed by atoms with E-state index in [-0.39, 0.29) is 5.91 Å². The molecule has 22 heavy (non-hydrogen) atoms. The lowest BCUT2D eigenvalue weighted by molar-refractivity contribution is 0.0951. The molecule has 5 nitrogen and oxygen atoms in total. The van der Waals surface area contributed by atoms with E-state index in [9.17, 15) is 4.79 Å². The number of aryl methyl sites for hydroxylation is 1. The van der Waals surface area contributed by atoms with Crippen LogP contribution >= 0.6 is 0 Å². The maximum absolute atomic E-state index is 12.3. The quantitative estimate of drug-likeness (QED) is 0.776. The molecule has 0 saturated carbocycles. The average Bonchev–Trinajstić information content (AvgIpc) is 3.04. The van der Waals surface area contributed by atoms with Gasteiger partial charge in [0.05, 0.1) is 29.7 Å². The highest BCUT2D eigenvalue weighted by atomic mass is 16.1. The van der Waals surface area contributed by atoms with Crippen LogP contribution in [0.5, 0.6) is 0 Å². The van der Waals surface area contributed by atoms with E-state index in [0.717, 1.165) is 17.0 Å². The van der Waals surface area contributed by atoms with Crippen molar-refractivity contribution in [2.45, 2.75) is 13.5 Å². The molecule has 2 aromatic heterocycles. The summed E-state index contributed by atoms with van der Waals surface area (Å²) in [7, 11) is 0. The molecule has 3 aromatic rings. The van der Waals surface area contributed by atoms with Crippen LogP contribution in [0.15, 0.2) is 54.9 Å². The Labute approximate surface area is 128 Å². The molecule has 0 aliphatic heterocycles. The van der Waals surface area contributed by atoms with Gasteiger partial charge in [-0.15, -0.1) is 0 Å². The molecule has 0 fully saturated rings. The lowest BCUT2D eigenvalue weighted by Gasteiger charge is -2.06. The van der Waals surface area contributed by atoms with Crippen LogP contribution in [-0.4, -0.2) is 21.1 Å². The van der Waals surface area contributed by atoms with Gasteiger partial charge < -0.3 is 5.32 Å². The number of aromatic amines is 1. The smallest absolute Gasteiger partial charge is 0.255 e. The number of nitrogens with one attached hydrogen (secondary N) is 2. The van der Waals surface area contributed by atoms with Crippen molar-refractivity contribution in [1.82, 2.24) is 20.5 Å². The summed E-state index contributed by atoms with van der Waals surface area (Å²) >= 11 is 0. The maximum Gasteiger partial charge on any atom is 0.255 e. The number of carbonyl (C=O) groups excluding carboxylic acids is 1. The zero-order chi connectivity index (χ0) is 15.4. The Balaban J connectivity index is 1.76. The monoisotopic (exact) mass is 292 g/mol. The number of rotatable bonds is 4. The Morgan fingerprint density at radius 3 is 2.73 bits per heavy atom. The molecule has 5 heteroatoms. The molecule has 2 N–H and O–H groups in total. The lowest BCUT2D eigenvalue weighted by atomic mass is 10.1. The highest BCUT2D eigenvalue weighted by Crippen LogP contribution is 2.21. The molecule has 1 amide bonds. The molecule has 0 unspecified atom stereocenters. The second-order valence-corrected chi connectivity index (χ2v) is 5.03. The first-order chi connectivity index (χ1) is 10.7. The van der Waals surface area contributed by atoms with Crippen molar-refractivity contribution in [2.75, 3.05) is 0 Å². The standard InChI is InChI=1S/C17H16N4O/c1-12-5-7-13(8-6-12)16-15(11-20-21-16)17(22)19-10-14-4-2-3-9-18-14/h2-9,11H,10H2,1H3,(H,19,22)(H,20,21). The predicted octanol–water partition coefficient (Wildman–Crippen LogP) is 2.71. The Bertz CT molecular complexity index is 763. The van der Waals surface area contributed by atoms with Gasteiger partial charge in [-0.2, -0.15) is 5.10 Å². The molecule has 3 rings (SSSR count). The van der Waals surface area contributed by atoms with Crippen LogP contribution in [0.3, 0.4) is 0 Å². The zero-order valence-electron chi connectivity index (χ0n) is 12.2. The van der Waals surface area contributed by atoms with Gasteiger partial charge >= 0.3 is 0 Å². The number of H-pyrrole nitrogens is 1. The van der Waals surface area contributed by atoms with Gasteiger partial charge in [0.1, 0.15) is 0 Å². The van der Waals surface area contributed by atoms with Gasteiger partial charge in [0.25, 0.3) is 5.91 Å². The topological polar surface area (TPSA) is 70.7 Å². The van der Waals surface area contributed by atoms with Crippen LogP contribution < -0.4 is 5.32 Å². The summed E-state index contributed by atoms with van der Waals surface area (Å²) in [6.07, 6.45) is 3.25. The van der Waals surface area contributed by atoms with E-state index < -0.39 is 0 Å². The molecule has 0 aliphatic carbocycles. The molecule has 0 atom stereocenters. The van der Waals surface area contributed by atoms with E-state index in [2.05, 4.69) is 20.5 Å². The minimum absolute atomic E-state index is 0.171. The Hall–Kier alpha value is -2.95. The highest BCUT2D eigenvalue weighted by Gasteiger charge is 2.15. The molecule has 0 saturated heterocycles. The van der Waals surface area contributed by atoms with Crippen molar-refractivity contribution in [3.63, 3.8) is 0 Å². The van der Waals surface area contributed by atoms with Gasteiger partial charge in [-0.3, -0.25) is 14.9 Å². The SMILES string of the molecule is Cc1ccc(-c2[nH]ncc2C(=O)NCc2ccccn2)cc1. The largest absolute Gasteiger partial charge is 0.346 e. The van der Waals surface area contributed by atoms with E-state index >= 15 is 0 Å². The van der Waals surface area contributed by atoms with Gasteiger partial charge in [-0.1, -0.05) is 35.9 Å². The average molecular weight is 292 g/mol. The summed E-state index contributed by atoms with van der Waals surface area (Å²) in [5, 5.41) is 9.75. The minimum atomic E-state index is -0.171. The second-order valence-electron chi connectivity index (χ2n) is 5.03. The van der Waals surface area contributed by atoms with E-state index in [4.69, 9.17) is 0 Å². The maximum atomic E-state index is 12.3. The van der Waals surface area contributed by atoms with E-state index in [1.807, 2.05) is 49.4 Å². The van der Waals surface area contributed by atoms with Crippen LogP contribution in [-0.2, 0) is 6.54 Å². The molecular formula is C17H16N4O. The zero-order valence-corrected chi connectivity index (χ0v) is 12.2. The van der Waals surface area contributed by atoms with Crippen LogP contribution in [0.25, 0.3) is 11.3 Å². The van der Waals surface area contributed by atoms with Crippen molar-refractivity contribution in [1.29, 1.82) is 0 Å². The lowest BCUT2D eigenvalue weighted by Crippen LogP contribution is -2.23. The van der Waals surface area contributed by atoms with Gasteiger partial charge in [-0.25, -0.2) is 0 Å². The number of hydrogen-bond donors (Lipinski definition) is 2. The Morgan fingerprint density at radius 1 is 1.18 bits per heavy atom. The fraction of sp³-hybridized carbons (Fsp3) is 0.118. The summed E-state index contributed by atoms with van der Waals surface area (Å²) in [5.41, 5.74) is 4.17. The first-order valence-electron chi connectivity index (χ1n) is 7.02. The van der Waals surface area contributed by atoms with Crippen LogP contribution in [0.1, 0.15) is 21.6 Å². The van der Waals surface area contributed by atoms with E-state index in [0.29, 0.717) is 12.1 Å². The number of pyridine rings is 1. The van der Waals surface area contributed by atoms with Crippen molar-refractivity contribution in [3.05, 3.63) is 71.7 Å². The summed E-state index contributed by atoms with van der Waals surface area (Å²) in [5.74, 6) is -0.171. The number of amides is 1. The number of hydrogen-bond acceptors (Lipinski definition) is 3. The molecule has 2 heterocycles. The number of aromatic nitrogens is 3.